The molecule has 2 atom stereocenters. The highest BCUT2D eigenvalue weighted by Crippen LogP contribution is 2.40. The topological polar surface area (TPSA) is 77.2 Å². The Morgan fingerprint density at radius 2 is 2.26 bits per heavy atom. The minimum absolute atomic E-state index is 0. The molecule has 2 fully saturated rings. The number of hydrogen-bond acceptors (Lipinski definition) is 5. The molecule has 0 spiro atoms. The van der Waals surface area contributed by atoms with E-state index < -0.39 is 0 Å². The number of amides is 1. The average Bonchev–Trinajstić information content (AvgIpc) is 2.93. The number of nitrogens with zero attached hydrogens (tertiary/aromatic N) is 1. The van der Waals surface area contributed by atoms with Gasteiger partial charge in [-0.05, 0) is 25.7 Å². The first-order valence-corrected chi connectivity index (χ1v) is 7.26. The van der Waals surface area contributed by atoms with Gasteiger partial charge in [0, 0.05) is 17.8 Å². The van der Waals surface area contributed by atoms with Crippen molar-refractivity contribution >= 4 is 34.8 Å². The molecule has 19 heavy (non-hydrogen) atoms. The van der Waals surface area contributed by atoms with Crippen LogP contribution < -0.4 is 11.1 Å². The zero-order chi connectivity index (χ0) is 12.5. The first kappa shape index (κ1) is 14.7. The molecule has 0 radical (unpaired) electrons. The number of halogens is 1. The number of aromatic nitrogens is 1. The Morgan fingerprint density at radius 3 is 2.89 bits per heavy atom. The maximum absolute atomic E-state index is 12.0. The van der Waals surface area contributed by atoms with Gasteiger partial charge in [-0.2, -0.15) is 0 Å². The van der Waals surface area contributed by atoms with E-state index >= 15 is 0 Å². The molecule has 7 heteroatoms. The molecule has 2 aliphatic rings. The number of anilines is 1. The van der Waals surface area contributed by atoms with Crippen molar-refractivity contribution in [1.29, 1.82) is 0 Å². The third-order valence-corrected chi connectivity index (χ3v) is 4.19. The van der Waals surface area contributed by atoms with Crippen LogP contribution >= 0.6 is 23.7 Å². The summed E-state index contributed by atoms with van der Waals surface area (Å²) < 4.78 is 5.55. The number of hydrogen-bond donors (Lipinski definition) is 2. The van der Waals surface area contributed by atoms with Gasteiger partial charge in [0.05, 0.1) is 11.8 Å². The van der Waals surface area contributed by atoms with Gasteiger partial charge < -0.3 is 10.5 Å². The van der Waals surface area contributed by atoms with E-state index in [0.29, 0.717) is 17.6 Å². The Hall–Kier alpha value is -0.690. The molecule has 0 unspecified atom stereocenters. The monoisotopic (exact) mass is 303 g/mol. The zero-order valence-electron chi connectivity index (χ0n) is 10.5. The van der Waals surface area contributed by atoms with Gasteiger partial charge in [0.15, 0.2) is 5.13 Å². The van der Waals surface area contributed by atoms with Crippen LogP contribution in [0.3, 0.4) is 0 Å². The van der Waals surface area contributed by atoms with Crippen molar-refractivity contribution < 1.29 is 9.53 Å². The molecule has 3 rings (SSSR count). The van der Waals surface area contributed by atoms with Gasteiger partial charge in [-0.3, -0.25) is 10.1 Å². The predicted octanol–water partition coefficient (Wildman–Crippen LogP) is 1.89. The van der Waals surface area contributed by atoms with Gasteiger partial charge in [-0.25, -0.2) is 4.98 Å². The molecule has 1 saturated heterocycles. The summed E-state index contributed by atoms with van der Waals surface area (Å²) in [6, 6.07) is 0. The molecule has 2 heterocycles. The Morgan fingerprint density at radius 1 is 1.47 bits per heavy atom. The zero-order valence-corrected chi connectivity index (χ0v) is 12.1. The lowest BCUT2D eigenvalue weighted by Gasteiger charge is -2.11. The Bertz CT molecular complexity index is 450. The van der Waals surface area contributed by atoms with Crippen LogP contribution in [-0.4, -0.2) is 29.6 Å². The fourth-order valence-corrected chi connectivity index (χ4v) is 2.96. The smallest absolute Gasteiger partial charge is 0.255 e. The van der Waals surface area contributed by atoms with Crippen LogP contribution in [0.25, 0.3) is 0 Å². The lowest BCUT2D eigenvalue weighted by molar-refractivity contribution is -0.126. The van der Waals surface area contributed by atoms with Crippen LogP contribution in [0.4, 0.5) is 5.13 Å². The molecule has 1 amide bonds. The summed E-state index contributed by atoms with van der Waals surface area (Å²) >= 11 is 1.49. The van der Waals surface area contributed by atoms with Crippen LogP contribution in [0.5, 0.6) is 0 Å². The fourth-order valence-electron chi connectivity index (χ4n) is 2.17. The van der Waals surface area contributed by atoms with E-state index in [1.807, 2.05) is 5.38 Å². The third kappa shape index (κ3) is 3.45. The number of thiazole rings is 1. The van der Waals surface area contributed by atoms with E-state index in [1.165, 1.54) is 24.2 Å². The molecule has 0 aromatic carbocycles. The maximum atomic E-state index is 12.0. The molecule has 1 aliphatic carbocycles. The van der Waals surface area contributed by atoms with Crippen molar-refractivity contribution in [3.63, 3.8) is 0 Å². The number of carbonyl (C=O) groups is 1. The van der Waals surface area contributed by atoms with Crippen LogP contribution in [0.15, 0.2) is 5.38 Å². The summed E-state index contributed by atoms with van der Waals surface area (Å²) in [6.07, 6.45) is 3.71. The molecule has 1 saturated carbocycles. The number of nitrogens with one attached hydrogen (secondary N) is 1. The van der Waals surface area contributed by atoms with Crippen LogP contribution in [-0.2, 0) is 9.53 Å². The SMILES string of the molecule is Cl.NC[C@H]1CC[C@@H](C(=O)Nc2nc(C3CC3)cs2)O1. The van der Waals surface area contributed by atoms with Crippen LogP contribution in [0.2, 0.25) is 0 Å². The first-order valence-electron chi connectivity index (χ1n) is 6.38. The average molecular weight is 304 g/mol. The number of ether oxygens (including phenoxy) is 1. The second-order valence-corrected chi connectivity index (χ2v) is 5.76. The van der Waals surface area contributed by atoms with E-state index in [2.05, 4.69) is 10.3 Å². The van der Waals surface area contributed by atoms with Gasteiger partial charge in [-0.15, -0.1) is 23.7 Å². The number of nitrogens with two attached hydrogens (primary N) is 1. The molecule has 3 N–H and O–H groups in total. The quantitative estimate of drug-likeness (QED) is 0.890. The van der Waals surface area contributed by atoms with Crippen molar-refractivity contribution in [2.45, 2.75) is 43.8 Å². The van der Waals surface area contributed by atoms with Crippen molar-refractivity contribution in [3.05, 3.63) is 11.1 Å². The molecule has 106 valence electrons. The highest BCUT2D eigenvalue weighted by molar-refractivity contribution is 7.13. The summed E-state index contributed by atoms with van der Waals surface area (Å²) in [5, 5.41) is 5.55. The second-order valence-electron chi connectivity index (χ2n) is 4.90. The second kappa shape index (κ2) is 6.17. The van der Waals surface area contributed by atoms with Crippen molar-refractivity contribution in [2.24, 2.45) is 5.73 Å². The van der Waals surface area contributed by atoms with E-state index in [1.54, 1.807) is 0 Å². The minimum atomic E-state index is -0.369. The van der Waals surface area contributed by atoms with Gasteiger partial charge in [-0.1, -0.05) is 0 Å². The molecule has 1 aromatic rings. The highest BCUT2D eigenvalue weighted by atomic mass is 35.5. The first-order chi connectivity index (χ1) is 8.76. The van der Waals surface area contributed by atoms with E-state index in [0.717, 1.165) is 18.5 Å². The molecular weight excluding hydrogens is 286 g/mol. The lowest BCUT2D eigenvalue weighted by Crippen LogP contribution is -2.29. The number of carbonyl (C=O) groups excluding carboxylic acids is 1. The van der Waals surface area contributed by atoms with Crippen LogP contribution in [0, 0.1) is 0 Å². The standard InChI is InChI=1S/C12H17N3O2S.ClH/c13-5-8-3-4-10(17-8)11(16)15-12-14-9(6-18-12)7-1-2-7;/h6-8,10H,1-5,13H2,(H,14,15,16);1H/t8-,10+;/m1./s1. The fraction of sp³-hybridized carbons (Fsp3) is 0.667. The molecule has 1 aliphatic heterocycles. The van der Waals surface area contributed by atoms with Crippen molar-refractivity contribution in [1.82, 2.24) is 4.98 Å². The number of rotatable bonds is 4. The Labute approximate surface area is 122 Å². The normalized spacial score (nSPS) is 25.9. The Kier molecular flexibility index (Phi) is 4.78. The molecule has 0 bridgehead atoms. The van der Waals surface area contributed by atoms with Gasteiger partial charge in [0.1, 0.15) is 6.10 Å². The van der Waals surface area contributed by atoms with Gasteiger partial charge in [0.25, 0.3) is 5.91 Å². The summed E-state index contributed by atoms with van der Waals surface area (Å²) in [7, 11) is 0. The third-order valence-electron chi connectivity index (χ3n) is 3.41. The molecular formula is C12H18ClN3O2S. The minimum Gasteiger partial charge on any atom is -0.364 e. The van der Waals surface area contributed by atoms with E-state index in [4.69, 9.17) is 10.5 Å². The predicted molar refractivity (Wildman–Crippen MR) is 76.9 cm³/mol. The van der Waals surface area contributed by atoms with E-state index in [9.17, 15) is 4.79 Å². The maximum Gasteiger partial charge on any atom is 0.255 e. The molecule has 1 aromatic heterocycles. The largest absolute Gasteiger partial charge is 0.364 e. The summed E-state index contributed by atoms with van der Waals surface area (Å²) in [4.78, 5) is 16.4. The van der Waals surface area contributed by atoms with Gasteiger partial charge in [0.2, 0.25) is 0 Å². The van der Waals surface area contributed by atoms with Crippen LogP contribution in [0.1, 0.15) is 37.3 Å². The lowest BCUT2D eigenvalue weighted by atomic mass is 10.2. The summed E-state index contributed by atoms with van der Waals surface area (Å²) in [5.74, 6) is 0.527. The van der Waals surface area contributed by atoms with Crippen molar-refractivity contribution in [2.75, 3.05) is 11.9 Å². The van der Waals surface area contributed by atoms with E-state index in [-0.39, 0.29) is 30.5 Å². The summed E-state index contributed by atoms with van der Waals surface area (Å²) in [5.41, 5.74) is 6.64. The highest BCUT2D eigenvalue weighted by Gasteiger charge is 2.31. The van der Waals surface area contributed by atoms with Gasteiger partial charge >= 0.3 is 0 Å². The Balaban J connectivity index is 0.00000133. The molecule has 5 nitrogen and oxygen atoms in total. The van der Waals surface area contributed by atoms with Crippen molar-refractivity contribution in [3.8, 4) is 0 Å². The summed E-state index contributed by atoms with van der Waals surface area (Å²) in [6.45, 7) is 0.479.